The van der Waals surface area contributed by atoms with E-state index in [1.165, 1.54) is 11.9 Å². The predicted octanol–water partition coefficient (Wildman–Crippen LogP) is 2.81. The van der Waals surface area contributed by atoms with Gasteiger partial charge in [0.2, 0.25) is 0 Å². The van der Waals surface area contributed by atoms with Crippen LogP contribution in [0.5, 0.6) is 0 Å². The fourth-order valence-electron chi connectivity index (χ4n) is 0.725. The molecule has 0 radical (unpaired) electrons. The number of hydrogen-bond donors (Lipinski definition) is 0. The van der Waals surface area contributed by atoms with Gasteiger partial charge in [-0.2, -0.15) is 13.2 Å². The molecule has 0 fully saturated rings. The number of amides is 1. The van der Waals surface area contributed by atoms with E-state index in [4.69, 9.17) is 0 Å². The predicted molar refractivity (Wildman–Crippen MR) is 49.5 cm³/mol. The van der Waals surface area contributed by atoms with Crippen molar-refractivity contribution in [1.29, 1.82) is 0 Å². The van der Waals surface area contributed by atoms with E-state index in [1.54, 1.807) is 13.8 Å². The van der Waals surface area contributed by atoms with Gasteiger partial charge in [0.1, 0.15) is 0 Å². The Bertz CT molecular complexity index is 226. The molecule has 0 unspecified atom stereocenters. The Morgan fingerprint density at radius 2 is 1.80 bits per heavy atom. The van der Waals surface area contributed by atoms with Gasteiger partial charge in [0, 0.05) is 12.6 Å². The summed E-state index contributed by atoms with van der Waals surface area (Å²) in [7, 11) is 1.42. The first-order chi connectivity index (χ1) is 6.60. The summed E-state index contributed by atoms with van der Waals surface area (Å²) in [6.45, 7) is 3.80. The molecule has 0 N–H and O–H groups in total. The highest BCUT2D eigenvalue weighted by Gasteiger charge is 2.32. The van der Waals surface area contributed by atoms with Gasteiger partial charge in [-0.25, -0.2) is 4.79 Å². The van der Waals surface area contributed by atoms with Gasteiger partial charge in [0.25, 0.3) is 0 Å². The first kappa shape index (κ1) is 14.1. The van der Waals surface area contributed by atoms with E-state index in [2.05, 4.69) is 4.74 Å². The number of nitrogens with zero attached hydrogens (tertiary/aromatic N) is 1. The van der Waals surface area contributed by atoms with Gasteiger partial charge < -0.3 is 9.64 Å². The molecule has 6 heteroatoms. The molecule has 1 amide bonds. The van der Waals surface area contributed by atoms with Crippen LogP contribution in [0.4, 0.5) is 18.0 Å². The number of halogens is 3. The highest BCUT2D eigenvalue weighted by molar-refractivity contribution is 5.68. The van der Waals surface area contributed by atoms with Crippen molar-refractivity contribution >= 4 is 6.09 Å². The van der Waals surface area contributed by atoms with E-state index >= 15 is 0 Å². The summed E-state index contributed by atoms with van der Waals surface area (Å²) in [6.07, 6.45) is -4.81. The average Bonchev–Trinajstić information content (AvgIpc) is 2.11. The van der Waals surface area contributed by atoms with Crippen LogP contribution in [0.2, 0.25) is 0 Å². The summed E-state index contributed by atoms with van der Waals surface area (Å²) in [6, 6.07) is 0. The molecular weight excluding hydrogens is 211 g/mol. The van der Waals surface area contributed by atoms with Crippen molar-refractivity contribution in [3.05, 3.63) is 0 Å². The lowest BCUT2D eigenvalue weighted by Crippen LogP contribution is -2.45. The minimum atomic E-state index is -4.48. The maximum absolute atomic E-state index is 11.8. The lowest BCUT2D eigenvalue weighted by Gasteiger charge is -2.33. The highest BCUT2D eigenvalue weighted by atomic mass is 19.4. The van der Waals surface area contributed by atoms with Crippen LogP contribution < -0.4 is 0 Å². The summed E-state index contributed by atoms with van der Waals surface area (Å²) < 4.78 is 39.4. The van der Waals surface area contributed by atoms with Crippen molar-refractivity contribution in [2.75, 3.05) is 13.7 Å². The van der Waals surface area contributed by atoms with Crippen LogP contribution in [-0.4, -0.2) is 36.4 Å². The van der Waals surface area contributed by atoms with Gasteiger partial charge in [0.15, 0.2) is 6.61 Å². The molecule has 0 heterocycles. The van der Waals surface area contributed by atoms with Crippen LogP contribution in [0.15, 0.2) is 0 Å². The largest absolute Gasteiger partial charge is 0.440 e. The fraction of sp³-hybridized carbons (Fsp3) is 0.889. The van der Waals surface area contributed by atoms with Gasteiger partial charge >= 0.3 is 12.3 Å². The van der Waals surface area contributed by atoms with Crippen LogP contribution >= 0.6 is 0 Å². The van der Waals surface area contributed by atoms with Crippen LogP contribution in [0, 0.1) is 0 Å². The molecule has 0 aliphatic heterocycles. The van der Waals surface area contributed by atoms with Crippen LogP contribution in [0.1, 0.15) is 27.2 Å². The average molecular weight is 227 g/mol. The van der Waals surface area contributed by atoms with E-state index in [0.717, 1.165) is 0 Å². The smallest absolute Gasteiger partial charge is 0.422 e. The Morgan fingerprint density at radius 3 is 2.13 bits per heavy atom. The minimum Gasteiger partial charge on any atom is -0.440 e. The minimum absolute atomic E-state index is 0.511. The third kappa shape index (κ3) is 4.90. The van der Waals surface area contributed by atoms with Crippen molar-refractivity contribution < 1.29 is 22.7 Å². The lowest BCUT2D eigenvalue weighted by atomic mass is 10.0. The quantitative estimate of drug-likeness (QED) is 0.742. The third-order valence-electron chi connectivity index (χ3n) is 2.41. The Labute approximate surface area is 87.2 Å². The second kappa shape index (κ2) is 4.72. The standard InChI is InChI=1S/C9H16F3NO2/c1-5-8(2,3)13(4)7(14)15-6-9(10,11)12/h5-6H2,1-4H3. The van der Waals surface area contributed by atoms with E-state index in [1.807, 2.05) is 6.92 Å². The molecule has 0 aromatic carbocycles. The summed E-state index contributed by atoms with van der Waals surface area (Å²) in [5.41, 5.74) is -0.511. The zero-order chi connectivity index (χ0) is 12.3. The summed E-state index contributed by atoms with van der Waals surface area (Å²) >= 11 is 0. The molecule has 0 saturated carbocycles. The number of alkyl halides is 3. The maximum atomic E-state index is 11.8. The summed E-state index contributed by atoms with van der Waals surface area (Å²) in [4.78, 5) is 12.4. The molecule has 0 aromatic heterocycles. The van der Waals surface area contributed by atoms with Gasteiger partial charge in [-0.1, -0.05) is 6.92 Å². The summed E-state index contributed by atoms with van der Waals surface area (Å²) in [5.74, 6) is 0. The summed E-state index contributed by atoms with van der Waals surface area (Å²) in [5, 5.41) is 0. The van der Waals surface area contributed by atoms with Gasteiger partial charge in [0.05, 0.1) is 0 Å². The number of hydrogen-bond acceptors (Lipinski definition) is 2. The van der Waals surface area contributed by atoms with Crippen molar-refractivity contribution in [2.45, 2.75) is 38.9 Å². The second-order valence-corrected chi connectivity index (χ2v) is 3.89. The second-order valence-electron chi connectivity index (χ2n) is 3.89. The third-order valence-corrected chi connectivity index (χ3v) is 2.41. The molecule has 0 aromatic rings. The Morgan fingerprint density at radius 1 is 1.33 bits per heavy atom. The molecule has 0 aliphatic carbocycles. The number of carbonyl (C=O) groups excluding carboxylic acids is 1. The Balaban J connectivity index is 4.23. The molecule has 0 spiro atoms. The van der Waals surface area contributed by atoms with Crippen molar-refractivity contribution in [3.63, 3.8) is 0 Å². The SMILES string of the molecule is CCC(C)(C)N(C)C(=O)OCC(F)(F)F. The lowest BCUT2D eigenvalue weighted by molar-refractivity contribution is -0.163. The Kier molecular flexibility index (Phi) is 4.42. The molecule has 15 heavy (non-hydrogen) atoms. The van der Waals surface area contributed by atoms with E-state index in [-0.39, 0.29) is 0 Å². The Hall–Kier alpha value is -0.940. The van der Waals surface area contributed by atoms with E-state index in [9.17, 15) is 18.0 Å². The van der Waals surface area contributed by atoms with Gasteiger partial charge in [-0.05, 0) is 20.3 Å². The zero-order valence-electron chi connectivity index (χ0n) is 9.31. The first-order valence-electron chi connectivity index (χ1n) is 4.57. The number of ether oxygens (including phenoxy) is 1. The van der Waals surface area contributed by atoms with Crippen LogP contribution in [0.3, 0.4) is 0 Å². The molecule has 0 bridgehead atoms. The maximum Gasteiger partial charge on any atom is 0.422 e. The van der Waals surface area contributed by atoms with Gasteiger partial charge in [-0.15, -0.1) is 0 Å². The molecule has 0 saturated heterocycles. The topological polar surface area (TPSA) is 29.5 Å². The monoisotopic (exact) mass is 227 g/mol. The molecule has 90 valence electrons. The number of rotatable bonds is 3. The molecule has 3 nitrogen and oxygen atoms in total. The zero-order valence-corrected chi connectivity index (χ0v) is 9.31. The van der Waals surface area contributed by atoms with Crippen molar-refractivity contribution in [3.8, 4) is 0 Å². The van der Waals surface area contributed by atoms with E-state index < -0.39 is 24.4 Å². The molecule has 0 atom stereocenters. The van der Waals surface area contributed by atoms with E-state index in [0.29, 0.717) is 6.42 Å². The van der Waals surface area contributed by atoms with Gasteiger partial charge in [-0.3, -0.25) is 0 Å². The van der Waals surface area contributed by atoms with Crippen LogP contribution in [-0.2, 0) is 4.74 Å². The van der Waals surface area contributed by atoms with Crippen molar-refractivity contribution in [1.82, 2.24) is 4.90 Å². The van der Waals surface area contributed by atoms with Crippen LogP contribution in [0.25, 0.3) is 0 Å². The fourth-order valence-corrected chi connectivity index (χ4v) is 0.725. The van der Waals surface area contributed by atoms with Crippen molar-refractivity contribution in [2.24, 2.45) is 0 Å². The molecule has 0 rings (SSSR count). The normalized spacial score (nSPS) is 12.5. The molecular formula is C9H16F3NO2. The molecule has 0 aliphatic rings. The first-order valence-corrected chi connectivity index (χ1v) is 4.57. The number of carbonyl (C=O) groups is 1. The highest BCUT2D eigenvalue weighted by Crippen LogP contribution is 2.19.